The monoisotopic (exact) mass is 324 g/mol. The molecule has 1 heterocycles. The number of ether oxygens (including phenoxy) is 1. The fourth-order valence-electron chi connectivity index (χ4n) is 2.43. The van der Waals surface area contributed by atoms with Crippen molar-refractivity contribution in [2.75, 3.05) is 12.4 Å². The number of aryl methyl sites for hydroxylation is 1. The topological polar surface area (TPSA) is 81.4 Å². The second-order valence-corrected chi connectivity index (χ2v) is 5.43. The normalized spacial score (nSPS) is 10.6. The van der Waals surface area contributed by atoms with E-state index in [-0.39, 0.29) is 12.3 Å². The number of nitrogens with one attached hydrogen (secondary N) is 1. The first-order chi connectivity index (χ1) is 11.6. The molecule has 24 heavy (non-hydrogen) atoms. The zero-order chi connectivity index (χ0) is 17.1. The lowest BCUT2D eigenvalue weighted by molar-refractivity contribution is -0.115. The van der Waals surface area contributed by atoms with Gasteiger partial charge in [0.1, 0.15) is 5.69 Å². The van der Waals surface area contributed by atoms with Crippen LogP contribution in [0.2, 0.25) is 0 Å². The van der Waals surface area contributed by atoms with Crippen LogP contribution in [0.1, 0.15) is 21.6 Å². The predicted octanol–water partition coefficient (Wildman–Crippen LogP) is 3.10. The highest BCUT2D eigenvalue weighted by Crippen LogP contribution is 2.21. The molecule has 0 saturated heterocycles. The van der Waals surface area contributed by atoms with Gasteiger partial charge in [-0.15, -0.1) is 0 Å². The van der Waals surface area contributed by atoms with Gasteiger partial charge in [-0.25, -0.2) is 4.79 Å². The molecule has 6 nitrogen and oxygen atoms in total. The number of esters is 1. The first-order valence-electron chi connectivity index (χ1n) is 7.40. The van der Waals surface area contributed by atoms with Crippen LogP contribution in [0.5, 0.6) is 0 Å². The molecular weight excluding hydrogens is 308 g/mol. The Bertz CT molecular complexity index is 914. The van der Waals surface area contributed by atoms with Crippen LogP contribution >= 0.6 is 0 Å². The van der Waals surface area contributed by atoms with E-state index in [1.54, 1.807) is 24.3 Å². The molecule has 2 aromatic carbocycles. The van der Waals surface area contributed by atoms with Crippen LogP contribution in [0.25, 0.3) is 11.0 Å². The van der Waals surface area contributed by atoms with Crippen molar-refractivity contribution < 1.29 is 18.8 Å². The summed E-state index contributed by atoms with van der Waals surface area (Å²) in [7, 11) is 1.31. The average Bonchev–Trinajstić information content (AvgIpc) is 2.96. The number of hydrogen-bond acceptors (Lipinski definition) is 5. The zero-order valence-corrected chi connectivity index (χ0v) is 13.3. The molecule has 0 atom stereocenters. The fraction of sp³-hybridized carbons (Fsp3) is 0.167. The Hall–Kier alpha value is -3.15. The van der Waals surface area contributed by atoms with Gasteiger partial charge >= 0.3 is 5.97 Å². The number of aromatic nitrogens is 1. The van der Waals surface area contributed by atoms with Crippen molar-refractivity contribution in [1.82, 2.24) is 5.16 Å². The minimum Gasteiger partial charge on any atom is -0.465 e. The smallest absolute Gasteiger partial charge is 0.337 e. The summed E-state index contributed by atoms with van der Waals surface area (Å²) in [6.07, 6.45) is 0.0822. The highest BCUT2D eigenvalue weighted by atomic mass is 16.5. The summed E-state index contributed by atoms with van der Waals surface area (Å²) in [4.78, 5) is 23.8. The third kappa shape index (κ3) is 3.27. The zero-order valence-electron chi connectivity index (χ0n) is 13.3. The number of benzene rings is 2. The number of rotatable bonds is 4. The van der Waals surface area contributed by atoms with Crippen molar-refractivity contribution in [2.45, 2.75) is 13.3 Å². The molecule has 3 rings (SSSR count). The molecule has 0 aliphatic carbocycles. The average molecular weight is 324 g/mol. The number of hydrogen-bond donors (Lipinski definition) is 1. The first-order valence-corrected chi connectivity index (χ1v) is 7.40. The van der Waals surface area contributed by atoms with E-state index in [1.165, 1.54) is 7.11 Å². The molecular formula is C18H16N2O4. The van der Waals surface area contributed by atoms with Gasteiger partial charge < -0.3 is 14.6 Å². The number of amides is 1. The lowest BCUT2D eigenvalue weighted by Gasteiger charge is -2.06. The standard InChI is InChI=1S/C18H16N2O4/c1-11-6-7-16-14(8-11)15(20-24-16)10-17(21)19-13-5-3-4-12(9-13)18(22)23-2/h3-9H,10H2,1-2H3,(H,19,21). The molecule has 1 amide bonds. The molecule has 0 saturated carbocycles. The van der Waals surface area contributed by atoms with Crippen molar-refractivity contribution >= 4 is 28.5 Å². The second-order valence-electron chi connectivity index (χ2n) is 5.43. The van der Waals surface area contributed by atoms with E-state index in [9.17, 15) is 9.59 Å². The molecule has 1 N–H and O–H groups in total. The molecule has 0 aliphatic rings. The van der Waals surface area contributed by atoms with Crippen molar-refractivity contribution in [3.05, 3.63) is 59.3 Å². The molecule has 122 valence electrons. The van der Waals surface area contributed by atoms with Crippen molar-refractivity contribution in [3.63, 3.8) is 0 Å². The largest absolute Gasteiger partial charge is 0.465 e. The Morgan fingerprint density at radius 3 is 2.83 bits per heavy atom. The lowest BCUT2D eigenvalue weighted by atomic mass is 10.1. The van der Waals surface area contributed by atoms with E-state index < -0.39 is 5.97 Å². The van der Waals surface area contributed by atoms with E-state index >= 15 is 0 Å². The quantitative estimate of drug-likeness (QED) is 0.746. The first kappa shape index (κ1) is 15.7. The summed E-state index contributed by atoms with van der Waals surface area (Å²) in [6, 6.07) is 12.3. The van der Waals surface area contributed by atoms with E-state index in [0.717, 1.165) is 10.9 Å². The van der Waals surface area contributed by atoms with Gasteiger partial charge in [0.25, 0.3) is 0 Å². The molecule has 6 heteroatoms. The van der Waals surface area contributed by atoms with Crippen LogP contribution in [0.15, 0.2) is 47.0 Å². The van der Waals surface area contributed by atoms with Crippen molar-refractivity contribution in [2.24, 2.45) is 0 Å². The number of carbonyl (C=O) groups excluding carboxylic acids is 2. The molecule has 0 radical (unpaired) electrons. The van der Waals surface area contributed by atoms with Gasteiger partial charge in [-0.05, 0) is 37.3 Å². The van der Waals surface area contributed by atoms with E-state index in [0.29, 0.717) is 22.5 Å². The van der Waals surface area contributed by atoms with Gasteiger partial charge in [-0.1, -0.05) is 22.9 Å². The van der Waals surface area contributed by atoms with Crippen molar-refractivity contribution in [3.8, 4) is 0 Å². The maximum Gasteiger partial charge on any atom is 0.337 e. The molecule has 1 aromatic heterocycles. The summed E-state index contributed by atoms with van der Waals surface area (Å²) in [6.45, 7) is 1.97. The molecule has 0 spiro atoms. The maximum atomic E-state index is 12.3. The van der Waals surface area contributed by atoms with Crippen LogP contribution in [-0.4, -0.2) is 24.1 Å². The van der Waals surface area contributed by atoms with E-state index in [4.69, 9.17) is 4.52 Å². The molecule has 3 aromatic rings. The summed E-state index contributed by atoms with van der Waals surface area (Å²) < 4.78 is 9.90. The third-order valence-corrected chi connectivity index (χ3v) is 3.60. The van der Waals surface area contributed by atoms with Gasteiger partial charge in [0.2, 0.25) is 5.91 Å². The van der Waals surface area contributed by atoms with E-state index in [2.05, 4.69) is 15.2 Å². The highest BCUT2D eigenvalue weighted by molar-refractivity contribution is 5.96. The Kier molecular flexibility index (Phi) is 4.29. The number of carbonyl (C=O) groups is 2. The Labute approximate surface area is 138 Å². The molecule has 0 bridgehead atoms. The summed E-state index contributed by atoms with van der Waals surface area (Å²) in [5, 5.41) is 7.54. The Morgan fingerprint density at radius 2 is 2.04 bits per heavy atom. The predicted molar refractivity (Wildman–Crippen MR) is 88.9 cm³/mol. The third-order valence-electron chi connectivity index (χ3n) is 3.60. The van der Waals surface area contributed by atoms with Crippen LogP contribution in [0, 0.1) is 6.92 Å². The number of anilines is 1. The Balaban J connectivity index is 1.75. The minimum atomic E-state index is -0.455. The van der Waals surface area contributed by atoms with Gasteiger partial charge in [0.05, 0.1) is 19.1 Å². The summed E-state index contributed by atoms with van der Waals surface area (Å²) in [5.74, 6) is -0.696. The van der Waals surface area contributed by atoms with Gasteiger partial charge in [-0.2, -0.15) is 0 Å². The molecule has 0 unspecified atom stereocenters. The van der Waals surface area contributed by atoms with Gasteiger partial charge in [-0.3, -0.25) is 4.79 Å². The van der Waals surface area contributed by atoms with Gasteiger partial charge in [0, 0.05) is 11.1 Å². The number of methoxy groups -OCH3 is 1. The molecule has 0 aliphatic heterocycles. The fourth-order valence-corrected chi connectivity index (χ4v) is 2.43. The number of fused-ring (bicyclic) bond motifs is 1. The number of nitrogens with zero attached hydrogens (tertiary/aromatic N) is 1. The van der Waals surface area contributed by atoms with E-state index in [1.807, 2.05) is 25.1 Å². The minimum absolute atomic E-state index is 0.0822. The summed E-state index contributed by atoms with van der Waals surface area (Å²) >= 11 is 0. The summed E-state index contributed by atoms with van der Waals surface area (Å²) in [5.41, 5.74) is 3.19. The van der Waals surface area contributed by atoms with Crippen LogP contribution < -0.4 is 5.32 Å². The SMILES string of the molecule is COC(=O)c1cccc(NC(=O)Cc2noc3ccc(C)cc23)c1. The molecule has 0 fully saturated rings. The van der Waals surface area contributed by atoms with Crippen LogP contribution in [0.4, 0.5) is 5.69 Å². The maximum absolute atomic E-state index is 12.3. The van der Waals surface area contributed by atoms with Crippen LogP contribution in [0.3, 0.4) is 0 Å². The highest BCUT2D eigenvalue weighted by Gasteiger charge is 2.13. The Morgan fingerprint density at radius 1 is 1.21 bits per heavy atom. The van der Waals surface area contributed by atoms with Crippen LogP contribution in [-0.2, 0) is 16.0 Å². The second kappa shape index (κ2) is 6.54. The van der Waals surface area contributed by atoms with Gasteiger partial charge in [0.15, 0.2) is 5.58 Å². The lowest BCUT2D eigenvalue weighted by Crippen LogP contribution is -2.15. The van der Waals surface area contributed by atoms with Crippen molar-refractivity contribution in [1.29, 1.82) is 0 Å².